The second kappa shape index (κ2) is 4.69. The van der Waals surface area contributed by atoms with E-state index in [9.17, 15) is 4.79 Å². The number of Topliss-reactive ketones (excluding diaryl/α,β-unsaturated/α-hetero) is 1. The molecule has 76 valence electrons. The van der Waals surface area contributed by atoms with Gasteiger partial charge in [0, 0.05) is 25.0 Å². The van der Waals surface area contributed by atoms with Crippen molar-refractivity contribution in [3.05, 3.63) is 30.1 Å². The summed E-state index contributed by atoms with van der Waals surface area (Å²) >= 11 is 0. The van der Waals surface area contributed by atoms with Crippen LogP contribution in [-0.2, 0) is 11.3 Å². The van der Waals surface area contributed by atoms with Crippen molar-refractivity contribution in [1.82, 2.24) is 0 Å². The summed E-state index contributed by atoms with van der Waals surface area (Å²) in [6.07, 6.45) is 4.17. The molecule has 1 aliphatic carbocycles. The number of carbonyl (C=O) groups excluding carboxylic acids is 1. The van der Waals surface area contributed by atoms with E-state index in [-0.39, 0.29) is 17.0 Å². The van der Waals surface area contributed by atoms with Crippen LogP contribution in [0.15, 0.2) is 24.4 Å². The Morgan fingerprint density at radius 3 is 2.79 bits per heavy atom. The van der Waals surface area contributed by atoms with Crippen LogP contribution >= 0.6 is 0 Å². The van der Waals surface area contributed by atoms with Crippen molar-refractivity contribution in [3.8, 4) is 0 Å². The second-order valence-corrected chi connectivity index (χ2v) is 3.71. The average Bonchev–Trinajstić information content (AvgIpc) is 2.91. The van der Waals surface area contributed by atoms with E-state index < -0.39 is 0 Å². The number of aromatic nitrogens is 1. The lowest BCUT2D eigenvalue weighted by molar-refractivity contribution is -0.690. The maximum Gasteiger partial charge on any atom is 0.206 e. The van der Waals surface area contributed by atoms with Gasteiger partial charge in [-0.1, -0.05) is 6.07 Å². The predicted octanol–water partition coefficient (Wildman–Crippen LogP) is -1.73. The molecule has 1 aliphatic rings. The third-order valence-electron chi connectivity index (χ3n) is 2.53. The molecule has 1 fully saturated rings. The molecule has 0 atom stereocenters. The summed E-state index contributed by atoms with van der Waals surface area (Å²) in [4.78, 5) is 11.5. The monoisotopic (exact) mass is 255 g/mol. The Labute approximate surface area is 94.7 Å². The number of carbonyl (C=O) groups is 1. The van der Waals surface area contributed by atoms with Crippen molar-refractivity contribution in [2.24, 2.45) is 5.92 Å². The fourth-order valence-corrected chi connectivity index (χ4v) is 1.44. The molecule has 1 saturated carbocycles. The van der Waals surface area contributed by atoms with E-state index in [1.54, 1.807) is 0 Å². The SMILES string of the molecule is Cc1cccc[n+]1CC(=O)C1CC1.[Br-]. The minimum Gasteiger partial charge on any atom is -1.00 e. The van der Waals surface area contributed by atoms with E-state index in [0.29, 0.717) is 18.2 Å². The lowest BCUT2D eigenvalue weighted by Crippen LogP contribution is -3.00. The number of hydrogen-bond acceptors (Lipinski definition) is 1. The maximum absolute atomic E-state index is 11.5. The molecule has 0 spiro atoms. The van der Waals surface area contributed by atoms with Gasteiger partial charge in [0.25, 0.3) is 0 Å². The van der Waals surface area contributed by atoms with Crippen LogP contribution in [0, 0.1) is 12.8 Å². The van der Waals surface area contributed by atoms with Crippen molar-refractivity contribution in [2.45, 2.75) is 26.3 Å². The van der Waals surface area contributed by atoms with E-state index in [1.807, 2.05) is 35.9 Å². The largest absolute Gasteiger partial charge is 1.00 e. The molecule has 0 saturated heterocycles. The Morgan fingerprint density at radius 1 is 1.50 bits per heavy atom. The van der Waals surface area contributed by atoms with Gasteiger partial charge in [-0.05, 0) is 12.8 Å². The number of aryl methyl sites for hydroxylation is 1. The lowest BCUT2D eigenvalue weighted by Gasteiger charge is -1.97. The Balaban J connectivity index is 0.000000980. The molecule has 0 N–H and O–H groups in total. The molecule has 2 nitrogen and oxygen atoms in total. The highest BCUT2D eigenvalue weighted by atomic mass is 79.9. The van der Waals surface area contributed by atoms with Gasteiger partial charge in [0.05, 0.1) is 0 Å². The first-order valence-electron chi connectivity index (χ1n) is 4.75. The molecule has 0 amide bonds. The lowest BCUT2D eigenvalue weighted by atomic mass is 10.2. The molecule has 1 heterocycles. The molecule has 0 bridgehead atoms. The summed E-state index contributed by atoms with van der Waals surface area (Å²) < 4.78 is 2.01. The summed E-state index contributed by atoms with van der Waals surface area (Å²) in [5, 5.41) is 0. The van der Waals surface area contributed by atoms with Crippen LogP contribution in [0.5, 0.6) is 0 Å². The van der Waals surface area contributed by atoms with Gasteiger partial charge < -0.3 is 17.0 Å². The highest BCUT2D eigenvalue weighted by molar-refractivity contribution is 5.81. The first-order chi connectivity index (χ1) is 6.27. The van der Waals surface area contributed by atoms with Crippen LogP contribution in [0.3, 0.4) is 0 Å². The highest BCUT2D eigenvalue weighted by Crippen LogP contribution is 2.29. The minimum atomic E-state index is 0. The molecule has 1 aromatic heterocycles. The van der Waals surface area contributed by atoms with Crippen LogP contribution in [0.4, 0.5) is 0 Å². The van der Waals surface area contributed by atoms with Crippen LogP contribution < -0.4 is 21.5 Å². The zero-order valence-electron chi connectivity index (χ0n) is 8.24. The third kappa shape index (κ3) is 2.64. The standard InChI is InChI=1S/C11H14NO.BrH/c1-9-4-2-3-7-12(9)8-11(13)10-5-6-10;/h2-4,7,10H,5-6,8H2,1H3;1H/q+1;/p-1. The van der Waals surface area contributed by atoms with Crippen LogP contribution in [-0.4, -0.2) is 5.78 Å². The Hall–Kier alpha value is -0.700. The first kappa shape index (κ1) is 11.4. The van der Waals surface area contributed by atoms with Crippen molar-refractivity contribution >= 4 is 5.78 Å². The van der Waals surface area contributed by atoms with Gasteiger partial charge in [-0.25, -0.2) is 0 Å². The Bertz CT molecular complexity index is 334. The van der Waals surface area contributed by atoms with E-state index in [0.717, 1.165) is 18.5 Å². The quantitative estimate of drug-likeness (QED) is 0.588. The van der Waals surface area contributed by atoms with Gasteiger partial charge in [-0.15, -0.1) is 0 Å². The molecular formula is C11H14BrNO. The van der Waals surface area contributed by atoms with Gasteiger partial charge in [0.1, 0.15) is 0 Å². The third-order valence-corrected chi connectivity index (χ3v) is 2.53. The second-order valence-electron chi connectivity index (χ2n) is 3.71. The van der Waals surface area contributed by atoms with Crippen LogP contribution in [0.25, 0.3) is 0 Å². The fraction of sp³-hybridized carbons (Fsp3) is 0.455. The van der Waals surface area contributed by atoms with Gasteiger partial charge in [-0.3, -0.25) is 4.79 Å². The zero-order chi connectivity index (χ0) is 9.26. The minimum absolute atomic E-state index is 0. The topological polar surface area (TPSA) is 20.9 Å². The molecule has 0 radical (unpaired) electrons. The van der Waals surface area contributed by atoms with Gasteiger partial charge in [0.15, 0.2) is 11.9 Å². The Morgan fingerprint density at radius 2 is 2.21 bits per heavy atom. The predicted molar refractivity (Wildman–Crippen MR) is 49.1 cm³/mol. The summed E-state index contributed by atoms with van der Waals surface area (Å²) in [6.45, 7) is 2.58. The maximum atomic E-state index is 11.5. The molecule has 14 heavy (non-hydrogen) atoms. The summed E-state index contributed by atoms with van der Waals surface area (Å²) in [5.74, 6) is 0.756. The smallest absolute Gasteiger partial charge is 0.206 e. The molecule has 2 rings (SSSR count). The van der Waals surface area contributed by atoms with Crippen LogP contribution in [0.1, 0.15) is 18.5 Å². The first-order valence-corrected chi connectivity index (χ1v) is 4.75. The Kier molecular flexibility index (Phi) is 3.81. The van der Waals surface area contributed by atoms with Crippen molar-refractivity contribution < 1.29 is 26.3 Å². The van der Waals surface area contributed by atoms with Crippen molar-refractivity contribution in [3.63, 3.8) is 0 Å². The number of rotatable bonds is 3. The van der Waals surface area contributed by atoms with Crippen molar-refractivity contribution in [1.29, 1.82) is 0 Å². The number of pyridine rings is 1. The summed E-state index contributed by atoms with van der Waals surface area (Å²) in [7, 11) is 0. The fourth-order valence-electron chi connectivity index (χ4n) is 1.44. The highest BCUT2D eigenvalue weighted by Gasteiger charge is 2.31. The number of nitrogens with zero attached hydrogens (tertiary/aromatic N) is 1. The van der Waals surface area contributed by atoms with E-state index >= 15 is 0 Å². The number of hydrogen-bond donors (Lipinski definition) is 0. The normalized spacial score (nSPS) is 14.6. The average molecular weight is 256 g/mol. The molecule has 1 aromatic rings. The zero-order valence-corrected chi connectivity index (χ0v) is 9.83. The molecule has 3 heteroatoms. The molecule has 0 unspecified atom stereocenters. The number of halogens is 1. The van der Waals surface area contributed by atoms with E-state index in [1.165, 1.54) is 0 Å². The molecular weight excluding hydrogens is 242 g/mol. The van der Waals surface area contributed by atoms with Gasteiger partial charge in [0.2, 0.25) is 12.3 Å². The summed E-state index contributed by atoms with van der Waals surface area (Å²) in [5.41, 5.74) is 1.15. The summed E-state index contributed by atoms with van der Waals surface area (Å²) in [6, 6.07) is 5.99. The van der Waals surface area contributed by atoms with Gasteiger partial charge in [-0.2, -0.15) is 4.57 Å². The molecule has 0 aromatic carbocycles. The van der Waals surface area contributed by atoms with E-state index in [4.69, 9.17) is 0 Å². The van der Waals surface area contributed by atoms with Gasteiger partial charge >= 0.3 is 0 Å². The van der Waals surface area contributed by atoms with E-state index in [2.05, 4.69) is 0 Å². The number of ketones is 1. The van der Waals surface area contributed by atoms with Crippen LogP contribution in [0.2, 0.25) is 0 Å². The van der Waals surface area contributed by atoms with Crippen molar-refractivity contribution in [2.75, 3.05) is 0 Å². The molecule has 0 aliphatic heterocycles.